The summed E-state index contributed by atoms with van der Waals surface area (Å²) in [6, 6.07) is 0. The predicted molar refractivity (Wildman–Crippen MR) is 75.1 cm³/mol. The van der Waals surface area contributed by atoms with Crippen molar-refractivity contribution >= 4 is 11.9 Å². The highest BCUT2D eigenvalue weighted by molar-refractivity contribution is 5.77. The fourth-order valence-electron chi connectivity index (χ4n) is 1.58. The van der Waals surface area contributed by atoms with E-state index < -0.39 is 36.7 Å². The second-order valence-electron chi connectivity index (χ2n) is 4.93. The highest BCUT2D eigenvalue weighted by Gasteiger charge is 2.39. The lowest BCUT2D eigenvalue weighted by Gasteiger charge is -2.16. The Balaban J connectivity index is 4.06. The molecule has 0 aromatic heterocycles. The van der Waals surface area contributed by atoms with Crippen LogP contribution in [0.3, 0.4) is 0 Å². The minimum absolute atomic E-state index is 0.318. The van der Waals surface area contributed by atoms with E-state index in [2.05, 4.69) is 11.3 Å². The van der Waals surface area contributed by atoms with Crippen molar-refractivity contribution in [1.29, 1.82) is 0 Å². The first-order chi connectivity index (χ1) is 10.2. The monoisotopic (exact) mass is 324 g/mol. The largest absolute Gasteiger partial charge is 0.458 e. The van der Waals surface area contributed by atoms with Crippen LogP contribution in [0, 0.1) is 0 Å². The number of halogens is 3. The summed E-state index contributed by atoms with van der Waals surface area (Å²) < 4.78 is 45.8. The summed E-state index contributed by atoms with van der Waals surface area (Å²) in [7, 11) is 0. The van der Waals surface area contributed by atoms with Crippen molar-refractivity contribution in [2.24, 2.45) is 0 Å². The summed E-state index contributed by atoms with van der Waals surface area (Å²) >= 11 is 0. The minimum Gasteiger partial charge on any atom is -0.458 e. The average Bonchev–Trinajstić information content (AvgIpc) is 2.43. The second kappa shape index (κ2) is 10.2. The van der Waals surface area contributed by atoms with Crippen LogP contribution in [0.25, 0.3) is 0 Å². The molecule has 0 fully saturated rings. The zero-order chi connectivity index (χ0) is 17.2. The van der Waals surface area contributed by atoms with Gasteiger partial charge in [-0.05, 0) is 19.8 Å². The quantitative estimate of drug-likeness (QED) is 0.347. The Labute approximate surface area is 128 Å². The molecule has 2 atom stereocenters. The molecule has 0 aromatic carbocycles. The first-order valence-electron chi connectivity index (χ1n) is 7.28. The third kappa shape index (κ3) is 9.41. The molecule has 128 valence electrons. The number of hydrogen-bond donors (Lipinski definition) is 0. The lowest BCUT2D eigenvalue weighted by atomic mass is 10.1. The Hall–Kier alpha value is -1.53. The molecule has 0 heterocycles. The number of carbonyl (C=O) groups is 2. The fourth-order valence-corrected chi connectivity index (χ4v) is 1.58. The standard InChI is InChI=1S/C15H23F3O4/c1-4-6-7-8-12(5-2)22-14(20)10-9-13(19)21-11(3)15(16,17)18/h5,11-12H,2,4,6-10H2,1,3H3. The van der Waals surface area contributed by atoms with E-state index in [4.69, 9.17) is 4.74 Å². The van der Waals surface area contributed by atoms with Gasteiger partial charge in [0.1, 0.15) is 6.10 Å². The van der Waals surface area contributed by atoms with Crippen molar-refractivity contribution in [3.8, 4) is 0 Å². The van der Waals surface area contributed by atoms with E-state index in [1.807, 2.05) is 6.92 Å². The number of carbonyl (C=O) groups excluding carboxylic acids is 2. The zero-order valence-corrected chi connectivity index (χ0v) is 12.9. The van der Waals surface area contributed by atoms with E-state index in [0.29, 0.717) is 6.42 Å². The smallest absolute Gasteiger partial charge is 0.425 e. The van der Waals surface area contributed by atoms with Crippen molar-refractivity contribution < 1.29 is 32.2 Å². The minimum atomic E-state index is -4.61. The fraction of sp³-hybridized carbons (Fsp3) is 0.733. The molecule has 4 nitrogen and oxygen atoms in total. The maximum absolute atomic E-state index is 12.2. The summed E-state index contributed by atoms with van der Waals surface area (Å²) in [5, 5.41) is 0. The van der Waals surface area contributed by atoms with E-state index in [1.54, 1.807) is 0 Å². The zero-order valence-electron chi connectivity index (χ0n) is 12.9. The number of esters is 2. The number of unbranched alkanes of at least 4 members (excludes halogenated alkanes) is 2. The first kappa shape index (κ1) is 20.5. The van der Waals surface area contributed by atoms with Crippen LogP contribution in [-0.4, -0.2) is 30.3 Å². The van der Waals surface area contributed by atoms with Gasteiger partial charge in [0.15, 0.2) is 6.10 Å². The highest BCUT2D eigenvalue weighted by atomic mass is 19.4. The Morgan fingerprint density at radius 3 is 2.14 bits per heavy atom. The van der Waals surface area contributed by atoms with Gasteiger partial charge in [-0.25, -0.2) is 0 Å². The SMILES string of the molecule is C=CC(CCCCC)OC(=O)CCC(=O)OC(C)C(F)(F)F. The molecule has 2 unspecified atom stereocenters. The Morgan fingerprint density at radius 1 is 1.14 bits per heavy atom. The molecule has 0 saturated carbocycles. The van der Waals surface area contributed by atoms with Gasteiger partial charge in [0, 0.05) is 0 Å². The van der Waals surface area contributed by atoms with Crippen LogP contribution in [0.4, 0.5) is 13.2 Å². The molecule has 0 aliphatic heterocycles. The van der Waals surface area contributed by atoms with Gasteiger partial charge in [-0.2, -0.15) is 13.2 Å². The lowest BCUT2D eigenvalue weighted by molar-refractivity contribution is -0.216. The molecular weight excluding hydrogens is 301 g/mol. The van der Waals surface area contributed by atoms with Gasteiger partial charge < -0.3 is 9.47 Å². The van der Waals surface area contributed by atoms with Gasteiger partial charge in [-0.15, -0.1) is 0 Å². The molecule has 0 aromatic rings. The highest BCUT2D eigenvalue weighted by Crippen LogP contribution is 2.22. The van der Waals surface area contributed by atoms with E-state index in [-0.39, 0.29) is 6.42 Å². The van der Waals surface area contributed by atoms with Gasteiger partial charge in [0.05, 0.1) is 12.8 Å². The summed E-state index contributed by atoms with van der Waals surface area (Å²) in [5.74, 6) is -1.74. The van der Waals surface area contributed by atoms with Crippen LogP contribution in [0.15, 0.2) is 12.7 Å². The molecule has 7 heteroatoms. The summed E-state index contributed by atoms with van der Waals surface area (Å²) in [6.07, 6.45) is -2.95. The van der Waals surface area contributed by atoms with Crippen molar-refractivity contribution in [3.63, 3.8) is 0 Å². The summed E-state index contributed by atoms with van der Waals surface area (Å²) in [6.45, 7) is 6.34. The van der Waals surface area contributed by atoms with Crippen LogP contribution >= 0.6 is 0 Å². The van der Waals surface area contributed by atoms with E-state index in [9.17, 15) is 22.8 Å². The Bertz CT molecular complexity index is 366. The maximum Gasteiger partial charge on any atom is 0.425 e. The van der Waals surface area contributed by atoms with Crippen molar-refractivity contribution in [2.45, 2.75) is 70.8 Å². The van der Waals surface area contributed by atoms with Crippen LogP contribution < -0.4 is 0 Å². The molecular formula is C15H23F3O4. The molecule has 0 bridgehead atoms. The second-order valence-corrected chi connectivity index (χ2v) is 4.93. The molecule has 0 radical (unpaired) electrons. The lowest BCUT2D eigenvalue weighted by Crippen LogP contribution is -2.31. The summed E-state index contributed by atoms with van der Waals surface area (Å²) in [4.78, 5) is 22.8. The van der Waals surface area contributed by atoms with Crippen LogP contribution in [-0.2, 0) is 19.1 Å². The van der Waals surface area contributed by atoms with E-state index >= 15 is 0 Å². The predicted octanol–water partition coefficient (Wildman–Crippen LogP) is 3.94. The van der Waals surface area contributed by atoms with Gasteiger partial charge in [0.25, 0.3) is 0 Å². The molecule has 22 heavy (non-hydrogen) atoms. The Morgan fingerprint density at radius 2 is 1.68 bits per heavy atom. The Kier molecular flexibility index (Phi) is 9.53. The number of ether oxygens (including phenoxy) is 2. The van der Waals surface area contributed by atoms with E-state index in [0.717, 1.165) is 26.2 Å². The normalized spacial score (nSPS) is 14.0. The van der Waals surface area contributed by atoms with Gasteiger partial charge in [-0.3, -0.25) is 9.59 Å². The maximum atomic E-state index is 12.2. The van der Waals surface area contributed by atoms with Crippen LogP contribution in [0.5, 0.6) is 0 Å². The third-order valence-corrected chi connectivity index (χ3v) is 2.94. The van der Waals surface area contributed by atoms with Gasteiger partial charge in [0.2, 0.25) is 0 Å². The summed E-state index contributed by atoms with van der Waals surface area (Å²) in [5.41, 5.74) is 0. The molecule has 0 rings (SSSR count). The van der Waals surface area contributed by atoms with Crippen molar-refractivity contribution in [3.05, 3.63) is 12.7 Å². The van der Waals surface area contributed by atoms with E-state index in [1.165, 1.54) is 6.08 Å². The topological polar surface area (TPSA) is 52.6 Å². The first-order valence-corrected chi connectivity index (χ1v) is 7.28. The third-order valence-electron chi connectivity index (χ3n) is 2.94. The molecule has 0 N–H and O–H groups in total. The van der Waals surface area contributed by atoms with Crippen LogP contribution in [0.2, 0.25) is 0 Å². The number of hydrogen-bond acceptors (Lipinski definition) is 4. The van der Waals surface area contributed by atoms with Crippen molar-refractivity contribution in [2.75, 3.05) is 0 Å². The number of rotatable bonds is 10. The van der Waals surface area contributed by atoms with Crippen molar-refractivity contribution in [1.82, 2.24) is 0 Å². The molecule has 0 amide bonds. The molecule has 0 saturated heterocycles. The molecule has 0 aliphatic rings. The molecule has 0 spiro atoms. The molecule has 0 aliphatic carbocycles. The number of alkyl halides is 3. The van der Waals surface area contributed by atoms with Gasteiger partial charge in [-0.1, -0.05) is 32.4 Å². The average molecular weight is 324 g/mol. The van der Waals surface area contributed by atoms with Crippen LogP contribution in [0.1, 0.15) is 52.4 Å². The van der Waals surface area contributed by atoms with Gasteiger partial charge >= 0.3 is 18.1 Å².